The summed E-state index contributed by atoms with van der Waals surface area (Å²) >= 11 is 0. The number of nitrogens with zero attached hydrogens (tertiary/aromatic N) is 4. The van der Waals surface area contributed by atoms with Crippen molar-refractivity contribution in [3.05, 3.63) is 53.3 Å². The quantitative estimate of drug-likeness (QED) is 0.469. The zero-order chi connectivity index (χ0) is 22.6. The van der Waals surface area contributed by atoms with Gasteiger partial charge in [-0.05, 0) is 63.8 Å². The molecule has 3 aliphatic heterocycles. The van der Waals surface area contributed by atoms with E-state index < -0.39 is 6.29 Å². The Morgan fingerprint density at radius 3 is 2.76 bits per heavy atom. The van der Waals surface area contributed by atoms with Gasteiger partial charge in [0.2, 0.25) is 12.1 Å². The first-order chi connectivity index (χ1) is 16.2. The average Bonchev–Trinajstić information content (AvgIpc) is 3.47. The molecule has 3 aliphatic rings. The van der Waals surface area contributed by atoms with Crippen LogP contribution in [0.2, 0.25) is 0 Å². The molecule has 7 heteroatoms. The number of fused-ring (bicyclic) bond motifs is 3. The molecule has 0 saturated carbocycles. The molecule has 0 unspecified atom stereocenters. The van der Waals surface area contributed by atoms with Crippen LogP contribution in [0.3, 0.4) is 0 Å². The van der Waals surface area contributed by atoms with E-state index in [1.165, 1.54) is 41.5 Å². The third-order valence-corrected chi connectivity index (χ3v) is 7.76. The van der Waals surface area contributed by atoms with E-state index in [1.54, 1.807) is 0 Å². The topological polar surface area (TPSA) is 65.6 Å². The molecule has 1 fully saturated rings. The van der Waals surface area contributed by atoms with E-state index in [4.69, 9.17) is 19.0 Å². The minimum atomic E-state index is -0.616. The third kappa shape index (κ3) is 3.06. The first-order valence-electron chi connectivity index (χ1n) is 12.4. The van der Waals surface area contributed by atoms with Gasteiger partial charge in [-0.25, -0.2) is 0 Å². The SMILES string of the molecule is CCOC(OCC)c1noc(C2=C[C@]3(CC)CCCN4CCc5c(n2c2ccccc52)[C@@H]43)n1. The third-order valence-electron chi connectivity index (χ3n) is 7.76. The smallest absolute Gasteiger partial charge is 0.274 e. The zero-order valence-corrected chi connectivity index (χ0v) is 19.7. The number of ether oxygens (including phenoxy) is 2. The molecule has 0 amide bonds. The number of hydrogen-bond acceptors (Lipinski definition) is 6. The molecule has 0 bridgehead atoms. The fourth-order valence-corrected chi connectivity index (χ4v) is 6.37. The summed E-state index contributed by atoms with van der Waals surface area (Å²) in [5, 5.41) is 5.61. The highest BCUT2D eigenvalue weighted by Crippen LogP contribution is 2.57. The van der Waals surface area contributed by atoms with Gasteiger partial charge >= 0.3 is 0 Å². The highest BCUT2D eigenvalue weighted by Gasteiger charge is 2.51. The van der Waals surface area contributed by atoms with Crippen LogP contribution in [0.15, 0.2) is 34.9 Å². The molecule has 6 rings (SSSR count). The molecule has 174 valence electrons. The van der Waals surface area contributed by atoms with Crippen LogP contribution in [0.4, 0.5) is 0 Å². The second kappa shape index (κ2) is 8.08. The number of rotatable bonds is 7. The standard InChI is InChI=1S/C26H32N4O3/c1-4-26-13-9-14-29-15-12-18-17-10-7-8-11-19(17)30(21(18)22(26)29)20(16-26)24-27-23(28-33-24)25(31-5-2)32-6-3/h7-8,10-11,16,22,25H,4-6,9,12-15H2,1-3H3/t22-,26+/m1/s1. The lowest BCUT2D eigenvalue weighted by Crippen LogP contribution is -2.50. The number of hydrogen-bond donors (Lipinski definition) is 0. The normalized spacial score (nSPS) is 24.4. The Labute approximate surface area is 194 Å². The van der Waals surface area contributed by atoms with Gasteiger partial charge in [-0.1, -0.05) is 30.3 Å². The van der Waals surface area contributed by atoms with E-state index in [1.807, 2.05) is 13.8 Å². The van der Waals surface area contributed by atoms with Crippen LogP contribution in [0.25, 0.3) is 16.6 Å². The Bertz CT molecular complexity index is 1210. The summed E-state index contributed by atoms with van der Waals surface area (Å²) in [5.74, 6) is 0.977. The molecule has 3 aromatic rings. The molecular formula is C26H32N4O3. The Balaban J connectivity index is 1.56. The van der Waals surface area contributed by atoms with Crippen molar-refractivity contribution in [2.24, 2.45) is 5.41 Å². The maximum absolute atomic E-state index is 5.88. The van der Waals surface area contributed by atoms with E-state index in [0.29, 0.717) is 31.0 Å². The Kier molecular flexibility index (Phi) is 5.16. The van der Waals surface area contributed by atoms with Gasteiger partial charge in [0.15, 0.2) is 0 Å². The molecule has 0 spiro atoms. The van der Waals surface area contributed by atoms with Gasteiger partial charge in [-0.3, -0.25) is 4.90 Å². The molecule has 0 N–H and O–H groups in total. The van der Waals surface area contributed by atoms with Gasteiger partial charge in [0.05, 0.1) is 11.6 Å². The van der Waals surface area contributed by atoms with E-state index >= 15 is 0 Å². The van der Waals surface area contributed by atoms with Crippen molar-refractivity contribution in [1.29, 1.82) is 0 Å². The summed E-state index contributed by atoms with van der Waals surface area (Å²) in [6, 6.07) is 9.15. The van der Waals surface area contributed by atoms with Gasteiger partial charge in [0.25, 0.3) is 5.89 Å². The van der Waals surface area contributed by atoms with Crippen LogP contribution in [-0.4, -0.2) is 45.9 Å². The predicted octanol–water partition coefficient (Wildman–Crippen LogP) is 5.09. The molecule has 1 aromatic carbocycles. The lowest BCUT2D eigenvalue weighted by Gasteiger charge is -2.53. The summed E-state index contributed by atoms with van der Waals surface area (Å²) in [4.78, 5) is 7.50. The lowest BCUT2D eigenvalue weighted by molar-refractivity contribution is -0.145. The maximum atomic E-state index is 5.88. The van der Waals surface area contributed by atoms with Crippen molar-refractivity contribution >= 4 is 16.6 Å². The van der Waals surface area contributed by atoms with Crippen molar-refractivity contribution < 1.29 is 14.0 Å². The average molecular weight is 449 g/mol. The predicted molar refractivity (Wildman–Crippen MR) is 126 cm³/mol. The second-order valence-electron chi connectivity index (χ2n) is 9.33. The Morgan fingerprint density at radius 2 is 1.97 bits per heavy atom. The molecule has 2 atom stereocenters. The highest BCUT2D eigenvalue weighted by atomic mass is 16.7. The number of para-hydroxylation sites is 1. The van der Waals surface area contributed by atoms with Crippen LogP contribution in [0.1, 0.15) is 75.3 Å². The van der Waals surface area contributed by atoms with Crippen LogP contribution in [0.5, 0.6) is 0 Å². The number of piperidine rings is 1. The molecule has 0 radical (unpaired) electrons. The summed E-state index contributed by atoms with van der Waals surface area (Å²) < 4.78 is 19.7. The van der Waals surface area contributed by atoms with Crippen molar-refractivity contribution in [2.75, 3.05) is 26.3 Å². The molecule has 0 aliphatic carbocycles. The highest BCUT2D eigenvalue weighted by molar-refractivity contribution is 5.91. The van der Waals surface area contributed by atoms with Crippen LogP contribution in [0, 0.1) is 5.41 Å². The molecule has 5 heterocycles. The molecule has 1 saturated heterocycles. The first kappa shape index (κ1) is 21.1. The van der Waals surface area contributed by atoms with E-state index in [2.05, 4.69) is 51.9 Å². The summed E-state index contributed by atoms with van der Waals surface area (Å²) in [6.07, 6.45) is 6.38. The van der Waals surface area contributed by atoms with Gasteiger partial charge < -0.3 is 18.6 Å². The zero-order valence-electron chi connectivity index (χ0n) is 19.7. The Hall–Kier alpha value is -2.48. The maximum Gasteiger partial charge on any atom is 0.274 e. The van der Waals surface area contributed by atoms with Crippen molar-refractivity contribution in [3.8, 4) is 0 Å². The molecule has 2 aromatic heterocycles. The first-order valence-corrected chi connectivity index (χ1v) is 12.4. The van der Waals surface area contributed by atoms with E-state index in [0.717, 1.165) is 25.1 Å². The summed E-state index contributed by atoms with van der Waals surface area (Å²) in [6.45, 7) is 9.54. The van der Waals surface area contributed by atoms with Crippen molar-refractivity contribution in [1.82, 2.24) is 19.6 Å². The fourth-order valence-electron chi connectivity index (χ4n) is 6.37. The van der Waals surface area contributed by atoms with Gasteiger partial charge in [-0.15, -0.1) is 0 Å². The second-order valence-corrected chi connectivity index (χ2v) is 9.33. The largest absolute Gasteiger partial charge is 0.346 e. The minimum absolute atomic E-state index is 0.0704. The van der Waals surface area contributed by atoms with Gasteiger partial charge in [0, 0.05) is 36.3 Å². The monoisotopic (exact) mass is 448 g/mol. The van der Waals surface area contributed by atoms with Gasteiger partial charge in [0.1, 0.15) is 5.70 Å². The van der Waals surface area contributed by atoms with Crippen molar-refractivity contribution in [2.45, 2.75) is 58.8 Å². The van der Waals surface area contributed by atoms with Crippen LogP contribution in [-0.2, 0) is 15.9 Å². The van der Waals surface area contributed by atoms with Crippen molar-refractivity contribution in [3.63, 3.8) is 0 Å². The molecular weight excluding hydrogens is 416 g/mol. The summed E-state index contributed by atoms with van der Waals surface area (Å²) in [7, 11) is 0. The van der Waals surface area contributed by atoms with E-state index in [-0.39, 0.29) is 5.41 Å². The van der Waals surface area contributed by atoms with Crippen LogP contribution >= 0.6 is 0 Å². The molecule has 33 heavy (non-hydrogen) atoms. The fraction of sp³-hybridized carbons (Fsp3) is 0.538. The minimum Gasteiger partial charge on any atom is -0.346 e. The van der Waals surface area contributed by atoms with Gasteiger partial charge in [-0.2, -0.15) is 4.98 Å². The van der Waals surface area contributed by atoms with Crippen LogP contribution < -0.4 is 0 Å². The summed E-state index contributed by atoms with van der Waals surface area (Å²) in [5.41, 5.74) is 5.20. The molecule has 7 nitrogen and oxygen atoms in total. The Morgan fingerprint density at radius 1 is 1.15 bits per heavy atom. The van der Waals surface area contributed by atoms with E-state index in [9.17, 15) is 0 Å². The number of benzene rings is 1. The number of aromatic nitrogens is 3. The lowest BCUT2D eigenvalue weighted by atomic mass is 9.66.